The molecule has 0 amide bonds. The van der Waals surface area contributed by atoms with E-state index in [1.807, 2.05) is 13.8 Å². The zero-order chi connectivity index (χ0) is 13.3. The van der Waals surface area contributed by atoms with Gasteiger partial charge in [-0.05, 0) is 31.4 Å². The summed E-state index contributed by atoms with van der Waals surface area (Å²) in [7, 11) is 0. The molecule has 1 aromatic rings. The van der Waals surface area contributed by atoms with E-state index in [9.17, 15) is 9.90 Å². The second kappa shape index (κ2) is 5.70. The number of aliphatic hydroxyl groups excluding tert-OH is 1. The first-order valence-electron chi connectivity index (χ1n) is 6.20. The predicted molar refractivity (Wildman–Crippen MR) is 74.5 cm³/mol. The van der Waals surface area contributed by atoms with Crippen LogP contribution in [0.1, 0.15) is 29.9 Å². The third-order valence-electron chi connectivity index (χ3n) is 3.63. The largest absolute Gasteiger partial charge is 0.393 e. The van der Waals surface area contributed by atoms with Crippen molar-refractivity contribution in [1.29, 1.82) is 0 Å². The minimum atomic E-state index is -0.236. The SMILES string of the molecule is CC1CN(C(C)C(=O)c2ccc(Cl)s2)CCC1O. The molecule has 1 aliphatic rings. The molecule has 18 heavy (non-hydrogen) atoms. The smallest absolute Gasteiger partial charge is 0.189 e. The molecule has 1 N–H and O–H groups in total. The molecule has 0 aliphatic carbocycles. The van der Waals surface area contributed by atoms with Gasteiger partial charge in [0, 0.05) is 13.1 Å². The van der Waals surface area contributed by atoms with Crippen LogP contribution in [-0.2, 0) is 0 Å². The Kier molecular flexibility index (Phi) is 4.43. The monoisotopic (exact) mass is 287 g/mol. The van der Waals surface area contributed by atoms with E-state index in [0.717, 1.165) is 19.5 Å². The molecule has 1 aromatic heterocycles. The van der Waals surface area contributed by atoms with Crippen molar-refractivity contribution in [2.75, 3.05) is 13.1 Å². The number of hydrogen-bond donors (Lipinski definition) is 1. The molecule has 2 rings (SSSR count). The van der Waals surface area contributed by atoms with Gasteiger partial charge in [0.1, 0.15) is 0 Å². The molecule has 100 valence electrons. The molecule has 0 bridgehead atoms. The van der Waals surface area contributed by atoms with Crippen LogP contribution in [0.5, 0.6) is 0 Å². The van der Waals surface area contributed by atoms with Crippen molar-refractivity contribution >= 4 is 28.7 Å². The zero-order valence-electron chi connectivity index (χ0n) is 10.6. The molecular formula is C13H18ClNO2S. The fourth-order valence-electron chi connectivity index (χ4n) is 2.34. The Morgan fingerprint density at radius 1 is 1.61 bits per heavy atom. The van der Waals surface area contributed by atoms with Crippen LogP contribution in [0.25, 0.3) is 0 Å². The number of nitrogens with zero attached hydrogens (tertiary/aromatic N) is 1. The highest BCUT2D eigenvalue weighted by Crippen LogP contribution is 2.25. The van der Waals surface area contributed by atoms with Crippen LogP contribution in [0.15, 0.2) is 12.1 Å². The number of thiophene rings is 1. The lowest BCUT2D eigenvalue weighted by Gasteiger charge is -2.37. The van der Waals surface area contributed by atoms with Gasteiger partial charge >= 0.3 is 0 Å². The summed E-state index contributed by atoms with van der Waals surface area (Å²) in [4.78, 5) is 15.2. The van der Waals surface area contributed by atoms with Gasteiger partial charge in [-0.25, -0.2) is 0 Å². The lowest BCUT2D eigenvalue weighted by molar-refractivity contribution is 0.0206. The van der Waals surface area contributed by atoms with Gasteiger partial charge in [-0.2, -0.15) is 0 Å². The van der Waals surface area contributed by atoms with E-state index in [1.165, 1.54) is 11.3 Å². The molecule has 1 aliphatic heterocycles. The van der Waals surface area contributed by atoms with E-state index in [0.29, 0.717) is 9.21 Å². The second-order valence-electron chi connectivity index (χ2n) is 4.97. The van der Waals surface area contributed by atoms with Crippen LogP contribution < -0.4 is 0 Å². The first kappa shape index (κ1) is 14.0. The lowest BCUT2D eigenvalue weighted by atomic mass is 9.95. The van der Waals surface area contributed by atoms with Crippen molar-refractivity contribution in [3.8, 4) is 0 Å². The highest BCUT2D eigenvalue weighted by molar-refractivity contribution is 7.18. The highest BCUT2D eigenvalue weighted by atomic mass is 35.5. The standard InChI is InChI=1S/C13H18ClNO2S/c1-8-7-15(6-5-10(8)16)9(2)13(17)11-3-4-12(14)18-11/h3-4,8-10,16H,5-7H2,1-2H3. The fraction of sp³-hybridized carbons (Fsp3) is 0.615. The Hall–Kier alpha value is -0.420. The molecule has 0 aromatic carbocycles. The van der Waals surface area contributed by atoms with Gasteiger partial charge in [0.15, 0.2) is 5.78 Å². The Morgan fingerprint density at radius 3 is 2.89 bits per heavy atom. The Bertz CT molecular complexity index is 434. The Labute approximate surface area is 116 Å². The molecule has 0 radical (unpaired) electrons. The maximum atomic E-state index is 12.3. The third-order valence-corrected chi connectivity index (χ3v) is 4.88. The third kappa shape index (κ3) is 2.94. The van der Waals surface area contributed by atoms with Crippen LogP contribution in [0, 0.1) is 5.92 Å². The van der Waals surface area contributed by atoms with E-state index in [1.54, 1.807) is 12.1 Å². The minimum Gasteiger partial charge on any atom is -0.393 e. The van der Waals surface area contributed by atoms with Crippen molar-refractivity contribution in [3.63, 3.8) is 0 Å². The van der Waals surface area contributed by atoms with E-state index in [-0.39, 0.29) is 23.8 Å². The maximum absolute atomic E-state index is 12.3. The molecule has 1 fully saturated rings. The highest BCUT2D eigenvalue weighted by Gasteiger charge is 2.30. The van der Waals surface area contributed by atoms with Crippen LogP contribution in [-0.4, -0.2) is 41.0 Å². The van der Waals surface area contributed by atoms with Crippen molar-refractivity contribution in [2.45, 2.75) is 32.4 Å². The van der Waals surface area contributed by atoms with Gasteiger partial charge in [0.2, 0.25) is 0 Å². The summed E-state index contributed by atoms with van der Waals surface area (Å²) in [6.45, 7) is 5.50. The number of aliphatic hydroxyl groups is 1. The number of likely N-dealkylation sites (tertiary alicyclic amines) is 1. The molecular weight excluding hydrogens is 270 g/mol. The molecule has 3 atom stereocenters. The van der Waals surface area contributed by atoms with Crippen molar-refractivity contribution in [1.82, 2.24) is 4.90 Å². The molecule has 3 nitrogen and oxygen atoms in total. The molecule has 2 heterocycles. The number of halogens is 1. The average Bonchev–Trinajstić information content (AvgIpc) is 2.77. The van der Waals surface area contributed by atoms with Gasteiger partial charge in [0.05, 0.1) is 21.4 Å². The van der Waals surface area contributed by atoms with Gasteiger partial charge in [0.25, 0.3) is 0 Å². The Balaban J connectivity index is 2.03. The van der Waals surface area contributed by atoms with E-state index in [4.69, 9.17) is 11.6 Å². The number of rotatable bonds is 3. The summed E-state index contributed by atoms with van der Waals surface area (Å²) < 4.78 is 0.646. The van der Waals surface area contributed by atoms with E-state index >= 15 is 0 Å². The van der Waals surface area contributed by atoms with Gasteiger partial charge < -0.3 is 5.11 Å². The van der Waals surface area contributed by atoms with Crippen LogP contribution >= 0.6 is 22.9 Å². The minimum absolute atomic E-state index is 0.121. The quantitative estimate of drug-likeness (QED) is 0.869. The van der Waals surface area contributed by atoms with Crippen molar-refractivity contribution in [2.24, 2.45) is 5.92 Å². The summed E-state index contributed by atoms with van der Waals surface area (Å²) in [5.74, 6) is 0.344. The number of ketones is 1. The van der Waals surface area contributed by atoms with Crippen molar-refractivity contribution in [3.05, 3.63) is 21.3 Å². The van der Waals surface area contributed by atoms with Crippen LogP contribution in [0.4, 0.5) is 0 Å². The normalized spacial score (nSPS) is 27.1. The molecule has 1 saturated heterocycles. The first-order valence-corrected chi connectivity index (χ1v) is 7.40. The molecule has 3 unspecified atom stereocenters. The number of Topliss-reactive ketones (excluding diaryl/α,β-unsaturated/α-hetero) is 1. The van der Waals surface area contributed by atoms with Gasteiger partial charge in [-0.15, -0.1) is 11.3 Å². The summed E-state index contributed by atoms with van der Waals surface area (Å²) in [5.41, 5.74) is 0. The lowest BCUT2D eigenvalue weighted by Crippen LogP contribution is -2.48. The number of piperidine rings is 1. The number of hydrogen-bond acceptors (Lipinski definition) is 4. The number of carbonyl (C=O) groups is 1. The Morgan fingerprint density at radius 2 is 2.33 bits per heavy atom. The summed E-state index contributed by atoms with van der Waals surface area (Å²) in [6.07, 6.45) is 0.504. The van der Waals surface area contributed by atoms with Crippen molar-refractivity contribution < 1.29 is 9.90 Å². The van der Waals surface area contributed by atoms with E-state index in [2.05, 4.69) is 4.90 Å². The zero-order valence-corrected chi connectivity index (χ0v) is 12.2. The second-order valence-corrected chi connectivity index (χ2v) is 6.69. The van der Waals surface area contributed by atoms with Crippen LogP contribution in [0.3, 0.4) is 0 Å². The fourth-order valence-corrected chi connectivity index (χ4v) is 3.40. The topological polar surface area (TPSA) is 40.5 Å². The average molecular weight is 288 g/mol. The van der Waals surface area contributed by atoms with Gasteiger partial charge in [-0.1, -0.05) is 18.5 Å². The summed E-state index contributed by atoms with van der Waals surface area (Å²) >= 11 is 7.19. The molecule has 5 heteroatoms. The summed E-state index contributed by atoms with van der Waals surface area (Å²) in [6, 6.07) is 3.40. The van der Waals surface area contributed by atoms with Gasteiger partial charge in [-0.3, -0.25) is 9.69 Å². The predicted octanol–water partition coefficient (Wildman–Crippen LogP) is 2.68. The molecule has 0 saturated carbocycles. The molecule has 0 spiro atoms. The van der Waals surface area contributed by atoms with E-state index < -0.39 is 0 Å². The summed E-state index contributed by atoms with van der Waals surface area (Å²) in [5, 5.41) is 9.71. The van der Waals surface area contributed by atoms with Crippen LogP contribution in [0.2, 0.25) is 4.34 Å². The first-order chi connectivity index (χ1) is 8.49. The number of carbonyl (C=O) groups excluding carboxylic acids is 1. The maximum Gasteiger partial charge on any atom is 0.189 e.